The lowest BCUT2D eigenvalue weighted by molar-refractivity contribution is -0.384. The van der Waals surface area contributed by atoms with Crippen LogP contribution in [0.5, 0.6) is 0 Å². The van der Waals surface area contributed by atoms with Crippen LogP contribution in [0.25, 0.3) is 0 Å². The lowest BCUT2D eigenvalue weighted by Crippen LogP contribution is -2.16. The van der Waals surface area contributed by atoms with Gasteiger partial charge in [0.05, 0.1) is 15.5 Å². The lowest BCUT2D eigenvalue weighted by atomic mass is 10.2. The molecule has 0 radical (unpaired) electrons. The Kier molecular flexibility index (Phi) is 5.49. The van der Waals surface area contributed by atoms with Gasteiger partial charge in [-0.05, 0) is 49.1 Å². The van der Waals surface area contributed by atoms with Gasteiger partial charge in [-0.1, -0.05) is 0 Å². The van der Waals surface area contributed by atoms with Gasteiger partial charge in [0, 0.05) is 6.54 Å². The van der Waals surface area contributed by atoms with Crippen LogP contribution in [0.3, 0.4) is 0 Å². The highest BCUT2D eigenvalue weighted by molar-refractivity contribution is 9.10. The summed E-state index contributed by atoms with van der Waals surface area (Å²) in [5.74, 6) is -0.638. The number of benzene rings is 1. The quantitative estimate of drug-likeness (QED) is 0.497. The SMILES string of the molecule is CN(C)CCCNc1cc(Br)c(F)cc1[N+](=O)[O-]. The maximum Gasteiger partial charge on any atom is 0.295 e. The molecule has 1 rings (SSSR count). The molecule has 0 aliphatic heterocycles. The molecule has 1 aromatic rings. The third kappa shape index (κ3) is 4.23. The van der Waals surface area contributed by atoms with Gasteiger partial charge in [0.25, 0.3) is 5.69 Å². The number of anilines is 1. The average molecular weight is 320 g/mol. The molecule has 0 heterocycles. The van der Waals surface area contributed by atoms with Crippen molar-refractivity contribution in [3.63, 3.8) is 0 Å². The van der Waals surface area contributed by atoms with E-state index in [-0.39, 0.29) is 10.2 Å². The molecule has 0 amide bonds. The first-order chi connectivity index (χ1) is 8.41. The maximum atomic E-state index is 13.2. The number of hydrogen-bond donors (Lipinski definition) is 1. The fourth-order valence-electron chi connectivity index (χ4n) is 1.45. The van der Waals surface area contributed by atoms with Crippen molar-refractivity contribution in [3.05, 3.63) is 32.5 Å². The smallest absolute Gasteiger partial charge is 0.295 e. The Morgan fingerprint density at radius 3 is 2.72 bits per heavy atom. The molecule has 5 nitrogen and oxygen atoms in total. The van der Waals surface area contributed by atoms with Crippen LogP contribution in [0.1, 0.15) is 6.42 Å². The third-order valence-electron chi connectivity index (χ3n) is 2.33. The Bertz CT molecular complexity index is 441. The van der Waals surface area contributed by atoms with E-state index in [1.165, 1.54) is 6.07 Å². The zero-order valence-corrected chi connectivity index (χ0v) is 11.8. The van der Waals surface area contributed by atoms with Crippen LogP contribution in [-0.4, -0.2) is 37.0 Å². The lowest BCUT2D eigenvalue weighted by Gasteiger charge is -2.11. The van der Waals surface area contributed by atoms with Crippen LogP contribution >= 0.6 is 15.9 Å². The molecule has 18 heavy (non-hydrogen) atoms. The predicted molar refractivity (Wildman–Crippen MR) is 72.4 cm³/mol. The van der Waals surface area contributed by atoms with Gasteiger partial charge in [0.1, 0.15) is 11.5 Å². The zero-order chi connectivity index (χ0) is 13.7. The van der Waals surface area contributed by atoms with Crippen LogP contribution in [0, 0.1) is 15.9 Å². The predicted octanol–water partition coefficient (Wildman–Crippen LogP) is 2.86. The zero-order valence-electron chi connectivity index (χ0n) is 10.2. The topological polar surface area (TPSA) is 58.4 Å². The molecule has 0 fully saturated rings. The Balaban J connectivity index is 2.74. The van der Waals surface area contributed by atoms with E-state index in [2.05, 4.69) is 21.2 Å². The summed E-state index contributed by atoms with van der Waals surface area (Å²) in [7, 11) is 3.91. The van der Waals surface area contributed by atoms with Crippen LogP contribution in [0.2, 0.25) is 0 Å². The molecule has 7 heteroatoms. The molecule has 0 atom stereocenters. The van der Waals surface area contributed by atoms with Crippen molar-refractivity contribution in [2.75, 3.05) is 32.5 Å². The molecule has 0 saturated heterocycles. The minimum absolute atomic E-state index is 0.211. The monoisotopic (exact) mass is 319 g/mol. The van der Waals surface area contributed by atoms with Crippen LogP contribution in [-0.2, 0) is 0 Å². The number of hydrogen-bond acceptors (Lipinski definition) is 4. The molecule has 1 aromatic carbocycles. The Morgan fingerprint density at radius 2 is 2.17 bits per heavy atom. The van der Waals surface area contributed by atoms with E-state index in [4.69, 9.17) is 0 Å². The number of halogens is 2. The third-order valence-corrected chi connectivity index (χ3v) is 2.94. The summed E-state index contributed by atoms with van der Waals surface area (Å²) in [5, 5.41) is 13.8. The molecular weight excluding hydrogens is 305 g/mol. The second-order valence-corrected chi connectivity index (χ2v) is 4.98. The van der Waals surface area contributed by atoms with E-state index in [9.17, 15) is 14.5 Å². The van der Waals surface area contributed by atoms with Crippen molar-refractivity contribution in [3.8, 4) is 0 Å². The molecule has 0 aromatic heterocycles. The number of nitro groups is 1. The molecule has 1 N–H and O–H groups in total. The normalized spacial score (nSPS) is 10.7. The fourth-order valence-corrected chi connectivity index (χ4v) is 1.79. The van der Waals surface area contributed by atoms with E-state index in [1.807, 2.05) is 19.0 Å². The Morgan fingerprint density at radius 1 is 1.50 bits per heavy atom. The number of rotatable bonds is 6. The Labute approximate surface area is 113 Å². The molecular formula is C11H15BrFN3O2. The molecule has 0 bridgehead atoms. The molecule has 0 saturated carbocycles. The van der Waals surface area contributed by atoms with Gasteiger partial charge in [-0.15, -0.1) is 0 Å². The van der Waals surface area contributed by atoms with Crippen molar-refractivity contribution in [1.29, 1.82) is 0 Å². The van der Waals surface area contributed by atoms with Gasteiger partial charge in [-0.25, -0.2) is 4.39 Å². The van der Waals surface area contributed by atoms with E-state index in [0.717, 1.165) is 19.0 Å². The molecule has 0 aliphatic carbocycles. The van der Waals surface area contributed by atoms with Crippen LogP contribution in [0.15, 0.2) is 16.6 Å². The van der Waals surface area contributed by atoms with Gasteiger partial charge >= 0.3 is 0 Å². The van der Waals surface area contributed by atoms with Gasteiger partial charge in [0.2, 0.25) is 0 Å². The van der Waals surface area contributed by atoms with Crippen molar-refractivity contribution >= 4 is 27.3 Å². The highest BCUT2D eigenvalue weighted by Crippen LogP contribution is 2.30. The maximum absolute atomic E-state index is 13.2. The van der Waals surface area contributed by atoms with E-state index < -0.39 is 10.7 Å². The van der Waals surface area contributed by atoms with E-state index in [0.29, 0.717) is 12.2 Å². The van der Waals surface area contributed by atoms with Crippen molar-refractivity contribution < 1.29 is 9.31 Å². The molecule has 100 valence electrons. The summed E-state index contributed by atoms with van der Waals surface area (Å²) in [6.45, 7) is 1.47. The average Bonchev–Trinajstić information content (AvgIpc) is 2.28. The number of nitrogens with zero attached hydrogens (tertiary/aromatic N) is 2. The minimum atomic E-state index is -0.638. The van der Waals surface area contributed by atoms with Gasteiger partial charge in [-0.2, -0.15) is 0 Å². The molecule has 0 unspecified atom stereocenters. The van der Waals surface area contributed by atoms with Gasteiger partial charge in [-0.3, -0.25) is 10.1 Å². The molecule has 0 spiro atoms. The summed E-state index contributed by atoms with van der Waals surface area (Å²) in [5.41, 5.74) is 0.0765. The van der Waals surface area contributed by atoms with Crippen LogP contribution in [0.4, 0.5) is 15.8 Å². The number of nitro benzene ring substituents is 1. The highest BCUT2D eigenvalue weighted by atomic mass is 79.9. The first-order valence-electron chi connectivity index (χ1n) is 5.44. The summed E-state index contributed by atoms with van der Waals surface area (Å²) in [6.07, 6.45) is 0.846. The Hall–Kier alpha value is -1.21. The highest BCUT2D eigenvalue weighted by Gasteiger charge is 2.17. The summed E-state index contributed by atoms with van der Waals surface area (Å²) in [6, 6.07) is 2.31. The summed E-state index contributed by atoms with van der Waals surface area (Å²) >= 11 is 3.02. The number of nitrogens with one attached hydrogen (secondary N) is 1. The second-order valence-electron chi connectivity index (χ2n) is 4.12. The fraction of sp³-hybridized carbons (Fsp3) is 0.455. The van der Waals surface area contributed by atoms with Crippen LogP contribution < -0.4 is 5.32 Å². The first kappa shape index (κ1) is 14.8. The van der Waals surface area contributed by atoms with Crippen molar-refractivity contribution in [2.24, 2.45) is 0 Å². The van der Waals surface area contributed by atoms with E-state index >= 15 is 0 Å². The second kappa shape index (κ2) is 6.65. The largest absolute Gasteiger partial charge is 0.379 e. The molecule has 0 aliphatic rings. The summed E-state index contributed by atoms with van der Waals surface area (Å²) < 4.78 is 13.4. The van der Waals surface area contributed by atoms with Gasteiger partial charge in [0.15, 0.2) is 0 Å². The summed E-state index contributed by atoms with van der Waals surface area (Å²) in [4.78, 5) is 12.2. The van der Waals surface area contributed by atoms with Crippen molar-refractivity contribution in [1.82, 2.24) is 4.90 Å². The first-order valence-corrected chi connectivity index (χ1v) is 6.23. The van der Waals surface area contributed by atoms with Crippen molar-refractivity contribution in [2.45, 2.75) is 6.42 Å². The minimum Gasteiger partial charge on any atom is -0.379 e. The van der Waals surface area contributed by atoms with Gasteiger partial charge < -0.3 is 10.2 Å². The van der Waals surface area contributed by atoms with E-state index in [1.54, 1.807) is 0 Å². The standard InChI is InChI=1S/C11H15BrFN3O2/c1-15(2)5-3-4-14-10-6-8(12)9(13)7-11(10)16(17)18/h6-7,14H,3-5H2,1-2H3.